The SMILES string of the molecule is Cc1cccc(NC(=O)/C(C#N)=C\c2cc(C)n(-c3cc(C(F)(F)F)ccc3Cl)c2C)c1. The van der Waals surface area contributed by atoms with Gasteiger partial charge in [-0.05, 0) is 74.4 Å². The molecule has 164 valence electrons. The number of amides is 1. The lowest BCUT2D eigenvalue weighted by Crippen LogP contribution is -2.13. The van der Waals surface area contributed by atoms with E-state index in [-0.39, 0.29) is 16.3 Å². The summed E-state index contributed by atoms with van der Waals surface area (Å²) in [5, 5.41) is 12.3. The molecular weight excluding hydrogens is 439 g/mol. The highest BCUT2D eigenvalue weighted by Gasteiger charge is 2.31. The first-order valence-electron chi connectivity index (χ1n) is 9.57. The lowest BCUT2D eigenvalue weighted by atomic mass is 10.1. The fraction of sp³-hybridized carbons (Fsp3) is 0.167. The van der Waals surface area contributed by atoms with Crippen LogP contribution in [0.2, 0.25) is 5.02 Å². The van der Waals surface area contributed by atoms with Crippen molar-refractivity contribution in [3.05, 3.63) is 87.2 Å². The number of rotatable bonds is 4. The van der Waals surface area contributed by atoms with Crippen LogP contribution < -0.4 is 5.32 Å². The van der Waals surface area contributed by atoms with Crippen LogP contribution in [-0.4, -0.2) is 10.5 Å². The van der Waals surface area contributed by atoms with E-state index in [2.05, 4.69) is 5.32 Å². The van der Waals surface area contributed by atoms with Crippen molar-refractivity contribution in [3.63, 3.8) is 0 Å². The number of halogens is 4. The Hall–Kier alpha value is -3.50. The zero-order valence-corrected chi connectivity index (χ0v) is 18.3. The monoisotopic (exact) mass is 457 g/mol. The Morgan fingerprint density at radius 1 is 1.12 bits per heavy atom. The van der Waals surface area contributed by atoms with E-state index in [9.17, 15) is 23.2 Å². The van der Waals surface area contributed by atoms with E-state index in [0.717, 1.165) is 17.7 Å². The Morgan fingerprint density at radius 3 is 2.47 bits per heavy atom. The van der Waals surface area contributed by atoms with Gasteiger partial charge in [-0.3, -0.25) is 4.79 Å². The average Bonchev–Trinajstić information content (AvgIpc) is 2.98. The average molecular weight is 458 g/mol. The maximum atomic E-state index is 13.2. The number of nitriles is 1. The predicted molar refractivity (Wildman–Crippen MR) is 119 cm³/mol. The van der Waals surface area contributed by atoms with Gasteiger partial charge in [0.25, 0.3) is 5.91 Å². The first-order chi connectivity index (χ1) is 15.0. The largest absolute Gasteiger partial charge is 0.416 e. The number of aromatic nitrogens is 1. The molecule has 0 spiro atoms. The smallest absolute Gasteiger partial charge is 0.321 e. The standard InChI is InChI=1S/C24H19ClF3N3O/c1-14-5-4-6-20(9-14)30-23(32)18(13-29)11-17-10-15(2)31(16(17)3)22-12-19(24(26,27)28)7-8-21(22)25/h4-12H,1-3H3,(H,30,32)/b18-11-. The van der Waals surface area contributed by atoms with Gasteiger partial charge in [-0.25, -0.2) is 0 Å². The first kappa shape index (κ1) is 23.2. The molecule has 0 radical (unpaired) electrons. The van der Waals surface area contributed by atoms with Gasteiger partial charge in [0.05, 0.1) is 16.3 Å². The predicted octanol–water partition coefficient (Wildman–Crippen LogP) is 6.62. The molecule has 0 aliphatic rings. The van der Waals surface area contributed by atoms with E-state index in [4.69, 9.17) is 11.6 Å². The van der Waals surface area contributed by atoms with Crippen molar-refractivity contribution in [1.29, 1.82) is 5.26 Å². The maximum absolute atomic E-state index is 13.2. The Kier molecular flexibility index (Phi) is 6.47. The van der Waals surface area contributed by atoms with Crippen LogP contribution in [0.15, 0.2) is 54.1 Å². The minimum atomic E-state index is -4.51. The topological polar surface area (TPSA) is 57.8 Å². The highest BCUT2D eigenvalue weighted by Crippen LogP contribution is 2.35. The van der Waals surface area contributed by atoms with Crippen LogP contribution in [0.25, 0.3) is 11.8 Å². The molecule has 1 amide bonds. The third-order valence-electron chi connectivity index (χ3n) is 4.93. The summed E-state index contributed by atoms with van der Waals surface area (Å²) in [7, 11) is 0. The lowest BCUT2D eigenvalue weighted by molar-refractivity contribution is -0.137. The van der Waals surface area contributed by atoms with Gasteiger partial charge in [0.2, 0.25) is 0 Å². The molecule has 0 aliphatic heterocycles. The normalized spacial score (nSPS) is 11.9. The van der Waals surface area contributed by atoms with Gasteiger partial charge in [-0.2, -0.15) is 18.4 Å². The first-order valence-corrected chi connectivity index (χ1v) is 9.95. The molecule has 0 atom stereocenters. The quantitative estimate of drug-likeness (QED) is 0.353. The number of alkyl halides is 3. The van der Waals surface area contributed by atoms with Crippen molar-refractivity contribution in [2.75, 3.05) is 5.32 Å². The zero-order valence-electron chi connectivity index (χ0n) is 17.5. The van der Waals surface area contributed by atoms with Crippen molar-refractivity contribution >= 4 is 29.3 Å². The molecule has 0 bridgehead atoms. The molecule has 32 heavy (non-hydrogen) atoms. The van der Waals surface area contributed by atoms with Crippen molar-refractivity contribution in [1.82, 2.24) is 4.57 Å². The summed E-state index contributed by atoms with van der Waals surface area (Å²) in [5.74, 6) is -0.583. The van der Waals surface area contributed by atoms with E-state index < -0.39 is 17.6 Å². The summed E-state index contributed by atoms with van der Waals surface area (Å²) in [6, 6.07) is 13.8. The van der Waals surface area contributed by atoms with Gasteiger partial charge in [0.15, 0.2) is 0 Å². The van der Waals surface area contributed by atoms with Crippen LogP contribution in [0.1, 0.15) is 28.1 Å². The number of anilines is 1. The summed E-state index contributed by atoms with van der Waals surface area (Å²) in [6.45, 7) is 5.27. The highest BCUT2D eigenvalue weighted by atomic mass is 35.5. The van der Waals surface area contributed by atoms with Gasteiger partial charge in [-0.1, -0.05) is 23.7 Å². The van der Waals surface area contributed by atoms with E-state index in [1.807, 2.05) is 19.1 Å². The summed E-state index contributed by atoms with van der Waals surface area (Å²) in [5.41, 5.74) is 2.37. The highest BCUT2D eigenvalue weighted by molar-refractivity contribution is 6.32. The molecule has 1 N–H and O–H groups in total. The summed E-state index contributed by atoms with van der Waals surface area (Å²) in [4.78, 5) is 12.6. The molecule has 0 fully saturated rings. The van der Waals surface area contributed by atoms with Gasteiger partial charge in [0, 0.05) is 17.1 Å². The molecule has 0 saturated carbocycles. The molecule has 2 aromatic carbocycles. The number of carbonyl (C=O) groups is 1. The summed E-state index contributed by atoms with van der Waals surface area (Å²) < 4.78 is 41.1. The van der Waals surface area contributed by atoms with Crippen LogP contribution in [0.4, 0.5) is 18.9 Å². The van der Waals surface area contributed by atoms with Crippen LogP contribution >= 0.6 is 11.6 Å². The lowest BCUT2D eigenvalue weighted by Gasteiger charge is -2.15. The van der Waals surface area contributed by atoms with Crippen molar-refractivity contribution in [3.8, 4) is 11.8 Å². The molecule has 4 nitrogen and oxygen atoms in total. The molecule has 3 aromatic rings. The van der Waals surface area contributed by atoms with E-state index in [1.54, 1.807) is 42.7 Å². The molecule has 1 aromatic heterocycles. The number of hydrogen-bond donors (Lipinski definition) is 1. The molecule has 0 aliphatic carbocycles. The molecule has 0 saturated heterocycles. The molecule has 1 heterocycles. The van der Waals surface area contributed by atoms with E-state index >= 15 is 0 Å². The summed E-state index contributed by atoms with van der Waals surface area (Å²) >= 11 is 6.20. The molecule has 8 heteroatoms. The van der Waals surface area contributed by atoms with Gasteiger partial charge in [-0.15, -0.1) is 0 Å². The maximum Gasteiger partial charge on any atom is 0.416 e. The van der Waals surface area contributed by atoms with E-state index in [0.29, 0.717) is 22.6 Å². The second-order valence-corrected chi connectivity index (χ2v) is 7.73. The third-order valence-corrected chi connectivity index (χ3v) is 5.25. The Morgan fingerprint density at radius 2 is 1.84 bits per heavy atom. The van der Waals surface area contributed by atoms with Gasteiger partial charge >= 0.3 is 6.18 Å². The molecule has 3 rings (SSSR count). The number of nitrogens with one attached hydrogen (secondary N) is 1. The minimum Gasteiger partial charge on any atom is -0.321 e. The number of aryl methyl sites for hydroxylation is 2. The Balaban J connectivity index is 2.01. The van der Waals surface area contributed by atoms with Gasteiger partial charge < -0.3 is 9.88 Å². The van der Waals surface area contributed by atoms with Crippen LogP contribution in [-0.2, 0) is 11.0 Å². The zero-order chi connectivity index (χ0) is 23.6. The second-order valence-electron chi connectivity index (χ2n) is 7.32. The van der Waals surface area contributed by atoms with Crippen LogP contribution in [0.5, 0.6) is 0 Å². The fourth-order valence-corrected chi connectivity index (χ4v) is 3.59. The van der Waals surface area contributed by atoms with Crippen molar-refractivity contribution in [2.45, 2.75) is 26.9 Å². The Bertz CT molecular complexity index is 1270. The fourth-order valence-electron chi connectivity index (χ4n) is 3.39. The van der Waals surface area contributed by atoms with E-state index in [1.165, 1.54) is 12.1 Å². The van der Waals surface area contributed by atoms with Gasteiger partial charge in [0.1, 0.15) is 11.6 Å². The minimum absolute atomic E-state index is 0.137. The third kappa shape index (κ3) is 4.87. The molecule has 0 unspecified atom stereocenters. The number of carbonyl (C=O) groups excluding carboxylic acids is 1. The number of hydrogen-bond acceptors (Lipinski definition) is 2. The number of benzene rings is 2. The number of nitrogens with zero attached hydrogens (tertiary/aromatic N) is 2. The van der Waals surface area contributed by atoms with Crippen LogP contribution in [0.3, 0.4) is 0 Å². The molecular formula is C24H19ClF3N3O. The second kappa shape index (κ2) is 8.93. The van der Waals surface area contributed by atoms with Crippen LogP contribution in [0, 0.1) is 32.1 Å². The van der Waals surface area contributed by atoms with Crippen molar-refractivity contribution in [2.24, 2.45) is 0 Å². The van der Waals surface area contributed by atoms with Crippen molar-refractivity contribution < 1.29 is 18.0 Å². The Labute approximate surface area is 188 Å². The summed E-state index contributed by atoms with van der Waals surface area (Å²) in [6.07, 6.45) is -3.11.